The van der Waals surface area contributed by atoms with Gasteiger partial charge in [0.2, 0.25) is 0 Å². The summed E-state index contributed by atoms with van der Waals surface area (Å²) in [6.07, 6.45) is 3.47. The van der Waals surface area contributed by atoms with E-state index in [-0.39, 0.29) is 36.9 Å². The Bertz CT molecular complexity index is 732. The number of aliphatic hydroxyl groups is 1. The molecular weight excluding hydrogens is 358 g/mol. The predicted molar refractivity (Wildman–Crippen MR) is 105 cm³/mol. The van der Waals surface area contributed by atoms with Crippen molar-refractivity contribution in [1.29, 1.82) is 0 Å². The number of esters is 2. The fourth-order valence-electron chi connectivity index (χ4n) is 4.25. The summed E-state index contributed by atoms with van der Waals surface area (Å²) >= 11 is 0. The third kappa shape index (κ3) is 4.13. The molecule has 2 fully saturated rings. The van der Waals surface area contributed by atoms with Crippen LogP contribution in [0.3, 0.4) is 0 Å². The van der Waals surface area contributed by atoms with Gasteiger partial charge in [-0.15, -0.1) is 0 Å². The van der Waals surface area contributed by atoms with E-state index in [0.717, 1.165) is 18.4 Å². The SMILES string of the molecule is C/C=C(\C)C(=O)OC1CC2C(OC(=O)C(CO)c3ccccc3)CCC1N2C. The lowest BCUT2D eigenvalue weighted by molar-refractivity contribution is -0.157. The van der Waals surface area contributed by atoms with Crippen molar-refractivity contribution in [1.82, 2.24) is 4.90 Å². The van der Waals surface area contributed by atoms with E-state index in [0.29, 0.717) is 12.0 Å². The second-order valence-electron chi connectivity index (χ2n) is 7.65. The van der Waals surface area contributed by atoms with Crippen molar-refractivity contribution in [2.45, 2.75) is 63.3 Å². The van der Waals surface area contributed by atoms with Crippen molar-refractivity contribution in [2.24, 2.45) is 0 Å². The number of likely N-dealkylation sites (N-methyl/N-ethyl adjacent to an activating group) is 1. The van der Waals surface area contributed by atoms with Gasteiger partial charge in [0, 0.05) is 18.0 Å². The van der Waals surface area contributed by atoms with E-state index in [1.807, 2.05) is 44.3 Å². The molecule has 1 N–H and O–H groups in total. The Balaban J connectivity index is 1.65. The smallest absolute Gasteiger partial charge is 0.333 e. The molecule has 2 aliphatic heterocycles. The quantitative estimate of drug-likeness (QED) is 0.597. The van der Waals surface area contributed by atoms with Crippen LogP contribution >= 0.6 is 0 Å². The normalized spacial score (nSPS) is 28.6. The van der Waals surface area contributed by atoms with Crippen molar-refractivity contribution in [3.8, 4) is 0 Å². The van der Waals surface area contributed by atoms with Crippen LogP contribution < -0.4 is 0 Å². The van der Waals surface area contributed by atoms with Crippen LogP contribution in [-0.2, 0) is 19.1 Å². The van der Waals surface area contributed by atoms with Crippen LogP contribution in [0.5, 0.6) is 0 Å². The largest absolute Gasteiger partial charge is 0.460 e. The third-order valence-corrected chi connectivity index (χ3v) is 6.08. The summed E-state index contributed by atoms with van der Waals surface area (Å²) in [7, 11) is 1.99. The molecule has 0 aliphatic carbocycles. The number of ether oxygens (including phenoxy) is 2. The number of piperidine rings is 1. The first-order valence-corrected chi connectivity index (χ1v) is 9.88. The highest BCUT2D eigenvalue weighted by molar-refractivity contribution is 5.87. The number of hydrogen-bond acceptors (Lipinski definition) is 6. The predicted octanol–water partition coefficient (Wildman–Crippen LogP) is 2.42. The summed E-state index contributed by atoms with van der Waals surface area (Å²) in [5.41, 5.74) is 1.35. The van der Waals surface area contributed by atoms with Crippen LogP contribution in [0.2, 0.25) is 0 Å². The second-order valence-corrected chi connectivity index (χ2v) is 7.65. The Hall–Kier alpha value is -2.18. The van der Waals surface area contributed by atoms with Crippen molar-refractivity contribution >= 4 is 11.9 Å². The Labute approximate surface area is 166 Å². The third-order valence-electron chi connectivity index (χ3n) is 6.08. The summed E-state index contributed by atoms with van der Waals surface area (Å²) in [5.74, 6) is -1.38. The summed E-state index contributed by atoms with van der Waals surface area (Å²) < 4.78 is 11.5. The lowest BCUT2D eigenvalue weighted by Crippen LogP contribution is -2.48. The van der Waals surface area contributed by atoms with Gasteiger partial charge in [0.15, 0.2) is 0 Å². The van der Waals surface area contributed by atoms with Gasteiger partial charge in [0.1, 0.15) is 18.1 Å². The molecule has 2 heterocycles. The standard InChI is InChI=1S/C22H29NO5/c1-4-14(2)21(25)28-20-12-18-19(11-10-17(20)23(18)3)27-22(26)16(13-24)15-8-6-5-7-9-15/h4-9,16-20,24H,10-13H2,1-3H3/b14-4+. The van der Waals surface area contributed by atoms with Crippen molar-refractivity contribution in [3.63, 3.8) is 0 Å². The fourth-order valence-corrected chi connectivity index (χ4v) is 4.25. The molecule has 28 heavy (non-hydrogen) atoms. The van der Waals surface area contributed by atoms with E-state index < -0.39 is 11.9 Å². The number of rotatable bonds is 6. The lowest BCUT2D eigenvalue weighted by atomic mass is 9.98. The average molecular weight is 387 g/mol. The average Bonchev–Trinajstić information content (AvgIpc) is 2.89. The Morgan fingerprint density at radius 3 is 2.54 bits per heavy atom. The molecule has 1 aromatic carbocycles. The Morgan fingerprint density at radius 1 is 1.18 bits per heavy atom. The molecule has 1 aromatic rings. The van der Waals surface area contributed by atoms with Crippen molar-refractivity contribution in [3.05, 3.63) is 47.5 Å². The van der Waals surface area contributed by atoms with E-state index in [9.17, 15) is 14.7 Å². The van der Waals surface area contributed by atoms with E-state index in [1.165, 1.54) is 0 Å². The molecule has 152 valence electrons. The second kappa shape index (κ2) is 8.88. The molecule has 0 radical (unpaired) electrons. The first-order valence-electron chi connectivity index (χ1n) is 9.88. The highest BCUT2D eigenvalue weighted by atomic mass is 16.6. The van der Waals surface area contributed by atoms with Crippen molar-refractivity contribution < 1.29 is 24.2 Å². The molecule has 2 saturated heterocycles. The van der Waals surface area contributed by atoms with Crippen LogP contribution in [0.25, 0.3) is 0 Å². The number of carbonyl (C=O) groups is 2. The molecule has 0 amide bonds. The van der Waals surface area contributed by atoms with Gasteiger partial charge in [0.05, 0.1) is 12.6 Å². The highest BCUT2D eigenvalue weighted by Gasteiger charge is 2.49. The molecule has 5 unspecified atom stereocenters. The highest BCUT2D eigenvalue weighted by Crippen LogP contribution is 2.38. The van der Waals surface area contributed by atoms with Crippen molar-refractivity contribution in [2.75, 3.05) is 13.7 Å². The molecule has 6 nitrogen and oxygen atoms in total. The molecule has 0 spiro atoms. The van der Waals surface area contributed by atoms with Gasteiger partial charge in [0.25, 0.3) is 0 Å². The number of benzene rings is 1. The van der Waals surface area contributed by atoms with Gasteiger partial charge in [-0.05, 0) is 39.3 Å². The van der Waals surface area contributed by atoms with Gasteiger partial charge < -0.3 is 14.6 Å². The minimum atomic E-state index is -0.684. The molecule has 0 saturated carbocycles. The summed E-state index contributed by atoms with van der Waals surface area (Å²) in [5, 5.41) is 9.71. The van der Waals surface area contributed by atoms with Crippen LogP contribution in [0.1, 0.15) is 44.6 Å². The number of carbonyl (C=O) groups excluding carboxylic acids is 2. The maximum atomic E-state index is 12.7. The first kappa shape index (κ1) is 20.6. The fraction of sp³-hybridized carbons (Fsp3) is 0.545. The summed E-state index contributed by atoms with van der Waals surface area (Å²) in [4.78, 5) is 27.0. The topological polar surface area (TPSA) is 76.1 Å². The molecule has 3 rings (SSSR count). The molecule has 5 atom stereocenters. The first-order chi connectivity index (χ1) is 13.5. The zero-order chi connectivity index (χ0) is 20.3. The number of nitrogens with zero attached hydrogens (tertiary/aromatic N) is 1. The van der Waals surface area contributed by atoms with Gasteiger partial charge in [-0.2, -0.15) is 0 Å². The maximum Gasteiger partial charge on any atom is 0.333 e. The van der Waals surface area contributed by atoms with E-state index in [2.05, 4.69) is 4.90 Å². The lowest BCUT2D eigenvalue weighted by Gasteiger charge is -2.37. The van der Waals surface area contributed by atoms with E-state index in [1.54, 1.807) is 13.0 Å². The maximum absolute atomic E-state index is 12.7. The number of aliphatic hydroxyl groups excluding tert-OH is 1. The van der Waals surface area contributed by atoms with Crippen LogP contribution in [0.4, 0.5) is 0 Å². The van der Waals surface area contributed by atoms with Crippen LogP contribution in [0.15, 0.2) is 42.0 Å². The van der Waals surface area contributed by atoms with Gasteiger partial charge in [-0.1, -0.05) is 36.4 Å². The summed E-state index contributed by atoms with van der Waals surface area (Å²) in [6.45, 7) is 3.27. The Kier molecular flexibility index (Phi) is 6.52. The molecule has 0 aromatic heterocycles. The van der Waals surface area contributed by atoms with Crippen LogP contribution in [-0.4, -0.2) is 59.9 Å². The Morgan fingerprint density at radius 2 is 1.89 bits per heavy atom. The van der Waals surface area contributed by atoms with Gasteiger partial charge in [-0.3, -0.25) is 9.69 Å². The monoisotopic (exact) mass is 387 g/mol. The number of fused-ring (bicyclic) bond motifs is 2. The number of allylic oxidation sites excluding steroid dienone is 1. The zero-order valence-corrected chi connectivity index (χ0v) is 16.7. The van der Waals surface area contributed by atoms with Crippen LogP contribution in [0, 0.1) is 0 Å². The molecule has 2 bridgehead atoms. The minimum absolute atomic E-state index is 0.0153. The van der Waals surface area contributed by atoms with E-state index in [4.69, 9.17) is 9.47 Å². The van der Waals surface area contributed by atoms with E-state index >= 15 is 0 Å². The molecule has 6 heteroatoms. The molecular formula is C22H29NO5. The molecule has 2 aliphatic rings. The number of hydrogen-bond donors (Lipinski definition) is 1. The minimum Gasteiger partial charge on any atom is -0.460 e. The van der Waals surface area contributed by atoms with Gasteiger partial charge in [-0.25, -0.2) is 4.79 Å². The summed E-state index contributed by atoms with van der Waals surface area (Å²) in [6, 6.07) is 9.35. The zero-order valence-electron chi connectivity index (χ0n) is 16.7. The van der Waals surface area contributed by atoms with Gasteiger partial charge >= 0.3 is 11.9 Å².